The summed E-state index contributed by atoms with van der Waals surface area (Å²) in [6.07, 6.45) is 6.12. The zero-order chi connectivity index (χ0) is 17.2. The molecule has 3 saturated carbocycles. The van der Waals surface area contributed by atoms with Gasteiger partial charge in [0.1, 0.15) is 5.82 Å². The molecule has 24 heavy (non-hydrogen) atoms. The van der Waals surface area contributed by atoms with E-state index in [0.29, 0.717) is 16.8 Å². The lowest BCUT2D eigenvalue weighted by Crippen LogP contribution is -2.51. The first kappa shape index (κ1) is 16.7. The number of benzene rings is 1. The van der Waals surface area contributed by atoms with Gasteiger partial charge in [0.05, 0.1) is 6.20 Å². The number of aromatic nitrogens is 2. The highest BCUT2D eigenvalue weighted by atomic mass is 16.1. The summed E-state index contributed by atoms with van der Waals surface area (Å²) in [6.45, 7) is 7.35. The van der Waals surface area contributed by atoms with Crippen molar-refractivity contribution >= 4 is 11.7 Å². The van der Waals surface area contributed by atoms with Crippen molar-refractivity contribution in [3.8, 4) is 0 Å². The molecule has 0 aliphatic heterocycles. The van der Waals surface area contributed by atoms with Crippen LogP contribution < -0.4 is 5.32 Å². The first-order valence-electron chi connectivity index (χ1n) is 8.84. The van der Waals surface area contributed by atoms with Crippen molar-refractivity contribution in [2.75, 3.05) is 5.32 Å². The Balaban J connectivity index is 0.000000182. The summed E-state index contributed by atoms with van der Waals surface area (Å²) in [7, 11) is 0. The van der Waals surface area contributed by atoms with Crippen LogP contribution in [0.5, 0.6) is 0 Å². The molecule has 2 bridgehead atoms. The fraction of sp³-hybridized carbons (Fsp3) is 0.500. The molecule has 0 saturated heterocycles. The molecule has 130 valence electrons. The SMILES string of the molecule is C[C@H]1CC[C@@H]2C[C@H]1C2(C)C.O=C(Nc1ccn[nH]1)c1ccccc1.[HH]. The van der Waals surface area contributed by atoms with Crippen LogP contribution >= 0.6 is 0 Å². The van der Waals surface area contributed by atoms with Crippen LogP contribution in [-0.4, -0.2) is 16.1 Å². The third kappa shape index (κ3) is 3.37. The smallest absolute Gasteiger partial charge is 0.256 e. The number of nitrogens with zero attached hydrogens (tertiary/aromatic N) is 1. The molecule has 0 spiro atoms. The molecule has 4 nitrogen and oxygen atoms in total. The molecule has 1 amide bonds. The molecule has 2 aromatic rings. The molecule has 3 aliphatic rings. The van der Waals surface area contributed by atoms with E-state index in [9.17, 15) is 4.79 Å². The van der Waals surface area contributed by atoms with Crippen LogP contribution in [0.25, 0.3) is 0 Å². The van der Waals surface area contributed by atoms with E-state index >= 15 is 0 Å². The third-order valence-electron chi connectivity index (χ3n) is 5.99. The fourth-order valence-corrected chi connectivity index (χ4v) is 4.29. The van der Waals surface area contributed by atoms with Gasteiger partial charge in [-0.3, -0.25) is 9.89 Å². The molecular formula is C20H29N3O. The van der Waals surface area contributed by atoms with Crippen molar-refractivity contribution in [1.29, 1.82) is 0 Å². The van der Waals surface area contributed by atoms with E-state index in [1.54, 1.807) is 24.4 Å². The van der Waals surface area contributed by atoms with Crippen LogP contribution in [0.1, 0.15) is 51.8 Å². The Morgan fingerprint density at radius 3 is 2.50 bits per heavy atom. The highest BCUT2D eigenvalue weighted by Gasteiger charge is 2.52. The maximum atomic E-state index is 11.6. The molecule has 5 rings (SSSR count). The number of H-pyrrole nitrogens is 1. The van der Waals surface area contributed by atoms with Gasteiger partial charge in [-0.1, -0.05) is 45.4 Å². The fourth-order valence-electron chi connectivity index (χ4n) is 4.29. The van der Waals surface area contributed by atoms with Crippen molar-refractivity contribution in [1.82, 2.24) is 10.2 Å². The van der Waals surface area contributed by atoms with E-state index in [2.05, 4.69) is 36.3 Å². The molecule has 2 N–H and O–H groups in total. The van der Waals surface area contributed by atoms with Gasteiger partial charge >= 0.3 is 0 Å². The van der Waals surface area contributed by atoms with E-state index in [1.165, 1.54) is 19.3 Å². The summed E-state index contributed by atoms with van der Waals surface area (Å²) in [6, 6.07) is 10.7. The molecule has 0 radical (unpaired) electrons. The van der Waals surface area contributed by atoms with E-state index in [-0.39, 0.29) is 7.33 Å². The van der Waals surface area contributed by atoms with Gasteiger partial charge < -0.3 is 5.32 Å². The first-order chi connectivity index (χ1) is 11.5. The molecule has 3 fully saturated rings. The molecule has 3 aliphatic carbocycles. The van der Waals surface area contributed by atoms with Crippen molar-refractivity contribution in [3.05, 3.63) is 48.2 Å². The number of anilines is 1. The summed E-state index contributed by atoms with van der Waals surface area (Å²) in [4.78, 5) is 11.6. The number of hydrogen-bond donors (Lipinski definition) is 2. The predicted octanol–water partition coefficient (Wildman–Crippen LogP) is 4.99. The molecular weight excluding hydrogens is 298 g/mol. The number of amides is 1. The Kier molecular flexibility index (Phi) is 4.74. The van der Waals surface area contributed by atoms with Gasteiger partial charge in [0, 0.05) is 13.1 Å². The van der Waals surface area contributed by atoms with Crippen molar-refractivity contribution < 1.29 is 6.22 Å². The highest BCUT2D eigenvalue weighted by Crippen LogP contribution is 2.61. The van der Waals surface area contributed by atoms with E-state index in [0.717, 1.165) is 17.8 Å². The Morgan fingerprint density at radius 1 is 1.25 bits per heavy atom. The Hall–Kier alpha value is -2.10. The van der Waals surface area contributed by atoms with Crippen LogP contribution in [0.2, 0.25) is 0 Å². The Labute approximate surface area is 145 Å². The maximum absolute atomic E-state index is 11.6. The van der Waals surface area contributed by atoms with Crippen molar-refractivity contribution in [3.63, 3.8) is 0 Å². The van der Waals surface area contributed by atoms with Gasteiger partial charge in [-0.2, -0.15) is 5.10 Å². The lowest BCUT2D eigenvalue weighted by molar-refractivity contribution is -0.0988. The number of carbonyl (C=O) groups excluding carboxylic acids is 1. The monoisotopic (exact) mass is 327 g/mol. The molecule has 1 aromatic heterocycles. The molecule has 0 unspecified atom stereocenters. The zero-order valence-corrected chi connectivity index (χ0v) is 14.8. The average Bonchev–Trinajstić information content (AvgIpc) is 3.09. The number of fused-ring (bicyclic) bond motifs is 2. The summed E-state index contributed by atoms with van der Waals surface area (Å²) < 4.78 is 0. The second-order valence-corrected chi connectivity index (χ2v) is 7.71. The van der Waals surface area contributed by atoms with Crippen LogP contribution in [0.3, 0.4) is 0 Å². The third-order valence-corrected chi connectivity index (χ3v) is 5.99. The number of hydrogen-bond acceptors (Lipinski definition) is 2. The summed E-state index contributed by atoms with van der Waals surface area (Å²) in [5, 5.41) is 9.07. The van der Waals surface area contributed by atoms with Crippen molar-refractivity contribution in [2.45, 2.75) is 40.0 Å². The topological polar surface area (TPSA) is 57.8 Å². The molecule has 1 aromatic carbocycles. The van der Waals surface area contributed by atoms with Crippen molar-refractivity contribution in [2.24, 2.45) is 23.2 Å². The number of rotatable bonds is 2. The first-order valence-corrected chi connectivity index (χ1v) is 8.84. The molecule has 1 heterocycles. The van der Waals surface area contributed by atoms with Crippen LogP contribution in [0.15, 0.2) is 42.6 Å². The van der Waals surface area contributed by atoms with E-state index < -0.39 is 0 Å². The quantitative estimate of drug-likeness (QED) is 0.816. The number of aromatic amines is 1. The Morgan fingerprint density at radius 2 is 2.00 bits per heavy atom. The van der Waals surface area contributed by atoms with Gasteiger partial charge in [0.15, 0.2) is 0 Å². The summed E-state index contributed by atoms with van der Waals surface area (Å²) >= 11 is 0. The van der Waals surface area contributed by atoms with Crippen LogP contribution in [0.4, 0.5) is 5.82 Å². The average molecular weight is 327 g/mol. The summed E-state index contributed by atoms with van der Waals surface area (Å²) in [5.41, 5.74) is 1.33. The second kappa shape index (κ2) is 6.80. The van der Waals surface area contributed by atoms with Gasteiger partial charge in [0.2, 0.25) is 0 Å². The van der Waals surface area contributed by atoms with Gasteiger partial charge in [-0.25, -0.2) is 0 Å². The van der Waals surface area contributed by atoms with E-state index in [4.69, 9.17) is 0 Å². The lowest BCUT2D eigenvalue weighted by Gasteiger charge is -2.59. The Bertz CT molecular complexity index is 668. The van der Waals surface area contributed by atoms with E-state index in [1.807, 2.05) is 18.2 Å². The second-order valence-electron chi connectivity index (χ2n) is 7.71. The largest absolute Gasteiger partial charge is 0.307 e. The van der Waals surface area contributed by atoms with Gasteiger partial charge in [0.25, 0.3) is 5.91 Å². The number of carbonyl (C=O) groups is 1. The predicted molar refractivity (Wildman–Crippen MR) is 98.9 cm³/mol. The molecule has 4 heteroatoms. The normalized spacial score (nSPS) is 26.5. The number of nitrogens with one attached hydrogen (secondary N) is 2. The lowest BCUT2D eigenvalue weighted by atomic mass is 9.46. The minimum atomic E-state index is -0.144. The van der Waals surface area contributed by atoms with Crippen LogP contribution in [0, 0.1) is 23.2 Å². The van der Waals surface area contributed by atoms with Gasteiger partial charge in [-0.05, 0) is 48.1 Å². The minimum Gasteiger partial charge on any atom is -0.307 e. The zero-order valence-electron chi connectivity index (χ0n) is 14.8. The standard InChI is InChI=1S/C10H9N3O.C10H18.H2/c14-10(8-4-2-1-3-5-8)12-9-6-7-11-13-9;1-7-4-5-8-6-9(7)10(8,2)3;/h1-7H,(H2,11,12,13,14);7-9H,4-6H2,1-3H3;1H/t;7-,8+,9+;/m.0./s1. The summed E-state index contributed by atoms with van der Waals surface area (Å²) in [5.74, 6) is 3.61. The minimum absolute atomic E-state index is 0. The molecule has 3 atom stereocenters. The van der Waals surface area contributed by atoms with Gasteiger partial charge in [-0.15, -0.1) is 0 Å². The highest BCUT2D eigenvalue weighted by molar-refractivity contribution is 6.03. The van der Waals surface area contributed by atoms with Crippen LogP contribution in [-0.2, 0) is 0 Å². The maximum Gasteiger partial charge on any atom is 0.256 e.